The summed E-state index contributed by atoms with van der Waals surface area (Å²) in [7, 11) is 1.36. The fourth-order valence-corrected chi connectivity index (χ4v) is 10.6. The van der Waals surface area contributed by atoms with Crippen LogP contribution in [0.4, 0.5) is 5.69 Å². The Bertz CT molecular complexity index is 2420. The average molecular weight is 914 g/mol. The van der Waals surface area contributed by atoms with E-state index in [2.05, 4.69) is 20.5 Å². The molecule has 2 fully saturated rings. The van der Waals surface area contributed by atoms with Crippen molar-refractivity contribution in [2.75, 3.05) is 51.7 Å². The van der Waals surface area contributed by atoms with Gasteiger partial charge in [-0.25, -0.2) is 4.79 Å². The Morgan fingerprint density at radius 2 is 1.46 bits per heavy atom. The van der Waals surface area contributed by atoms with Gasteiger partial charge in [0, 0.05) is 97.5 Å². The number of imide groups is 1. The Labute approximate surface area is 394 Å². The second-order valence-corrected chi connectivity index (χ2v) is 18.7. The first-order valence-corrected chi connectivity index (χ1v) is 24.8. The molecule has 5 heterocycles. The van der Waals surface area contributed by atoms with E-state index in [0.29, 0.717) is 43.6 Å². The van der Waals surface area contributed by atoms with Gasteiger partial charge in [-0.3, -0.25) is 34.2 Å². The summed E-state index contributed by atoms with van der Waals surface area (Å²) in [6, 6.07) is 19.4. The van der Waals surface area contributed by atoms with Gasteiger partial charge < -0.3 is 29.7 Å². The zero-order chi connectivity index (χ0) is 46.9. The molecule has 67 heavy (non-hydrogen) atoms. The molecule has 0 spiro atoms. The van der Waals surface area contributed by atoms with Crippen LogP contribution in [0.25, 0.3) is 10.9 Å². The van der Waals surface area contributed by atoms with Crippen molar-refractivity contribution in [2.45, 2.75) is 128 Å². The van der Waals surface area contributed by atoms with Crippen LogP contribution in [0.3, 0.4) is 0 Å². The summed E-state index contributed by atoms with van der Waals surface area (Å²) in [6.45, 7) is 7.22. The minimum Gasteiger partial charge on any atom is -0.467 e. The SMILES string of the molecule is CCC(=O)N1[C@@H](c2ccc(C(=O)N3CCN(CCCCCCCCCCCCCNc4cccc5c4CN(C4CCC(=O)NC4=O)C5=O)CC3)cc2)c2[nH]c3ccccc3c2C[C@@H]1C(=O)OC. The molecule has 3 atom stereocenters. The van der Waals surface area contributed by atoms with Crippen molar-refractivity contribution in [3.8, 4) is 0 Å². The van der Waals surface area contributed by atoms with Gasteiger partial charge in [0.1, 0.15) is 12.1 Å². The number of H-pyrrole nitrogens is 1. The number of hydrogen-bond donors (Lipinski definition) is 3. The van der Waals surface area contributed by atoms with Crippen LogP contribution in [-0.4, -0.2) is 119 Å². The molecule has 8 rings (SSSR count). The van der Waals surface area contributed by atoms with Crippen LogP contribution in [-0.2, 0) is 36.9 Å². The summed E-state index contributed by atoms with van der Waals surface area (Å²) < 4.78 is 5.21. The van der Waals surface area contributed by atoms with Crippen molar-refractivity contribution >= 4 is 52.1 Å². The Kier molecular flexibility index (Phi) is 15.7. The molecule has 5 amide bonds. The number of piperazine rings is 1. The highest BCUT2D eigenvalue weighted by molar-refractivity contribution is 6.06. The van der Waals surface area contributed by atoms with E-state index < -0.39 is 24.1 Å². The van der Waals surface area contributed by atoms with E-state index in [9.17, 15) is 28.8 Å². The number of rotatable bonds is 20. The van der Waals surface area contributed by atoms with E-state index in [1.165, 1.54) is 64.9 Å². The fourth-order valence-electron chi connectivity index (χ4n) is 10.6. The molecule has 0 radical (unpaired) electrons. The number of piperidine rings is 1. The topological polar surface area (TPSA) is 164 Å². The molecule has 4 aromatic rings. The number of carbonyl (C=O) groups excluding carboxylic acids is 6. The van der Waals surface area contributed by atoms with Gasteiger partial charge in [0.15, 0.2) is 0 Å². The molecule has 1 aromatic heterocycles. The van der Waals surface area contributed by atoms with E-state index in [0.717, 1.165) is 78.0 Å². The van der Waals surface area contributed by atoms with Gasteiger partial charge in [0.2, 0.25) is 17.7 Å². The third-order valence-corrected chi connectivity index (χ3v) is 14.4. The summed E-state index contributed by atoms with van der Waals surface area (Å²) in [4.78, 5) is 88.7. The van der Waals surface area contributed by atoms with Crippen molar-refractivity contribution in [3.63, 3.8) is 0 Å². The summed E-state index contributed by atoms with van der Waals surface area (Å²) in [6.07, 6.45) is 14.7. The number of nitrogens with one attached hydrogen (secondary N) is 3. The predicted octanol–water partition coefficient (Wildman–Crippen LogP) is 7.52. The number of methoxy groups -OCH3 is 1. The number of aromatic amines is 1. The number of esters is 1. The monoisotopic (exact) mass is 914 g/mol. The normalized spacial score (nSPS) is 19.6. The van der Waals surface area contributed by atoms with Crippen LogP contribution in [0.2, 0.25) is 0 Å². The minimum absolute atomic E-state index is 0.0142. The van der Waals surface area contributed by atoms with Crippen LogP contribution in [0, 0.1) is 0 Å². The van der Waals surface area contributed by atoms with Gasteiger partial charge in [-0.05, 0) is 67.3 Å². The first-order valence-electron chi connectivity index (χ1n) is 24.8. The van der Waals surface area contributed by atoms with Gasteiger partial charge in [-0.1, -0.05) is 101 Å². The molecule has 4 aliphatic rings. The molecular formula is C53H67N7O7. The number of aromatic nitrogens is 1. The molecule has 1 unspecified atom stereocenters. The third kappa shape index (κ3) is 10.7. The summed E-state index contributed by atoms with van der Waals surface area (Å²) in [5.74, 6) is -1.37. The molecule has 14 heteroatoms. The van der Waals surface area contributed by atoms with Crippen LogP contribution in [0.15, 0.2) is 66.7 Å². The molecule has 0 saturated carbocycles. The molecule has 356 valence electrons. The molecule has 0 aliphatic carbocycles. The van der Waals surface area contributed by atoms with Crippen molar-refractivity contribution in [1.29, 1.82) is 0 Å². The van der Waals surface area contributed by atoms with E-state index in [-0.39, 0.29) is 42.4 Å². The number of nitrogens with zero attached hydrogens (tertiary/aromatic N) is 4. The molecule has 0 bridgehead atoms. The molecule has 3 N–H and O–H groups in total. The van der Waals surface area contributed by atoms with Crippen molar-refractivity contribution < 1.29 is 33.5 Å². The lowest BCUT2D eigenvalue weighted by Gasteiger charge is -2.41. The molecule has 2 saturated heterocycles. The minimum atomic E-state index is -0.758. The highest BCUT2D eigenvalue weighted by Crippen LogP contribution is 2.42. The van der Waals surface area contributed by atoms with Gasteiger partial charge in [-0.2, -0.15) is 0 Å². The zero-order valence-electron chi connectivity index (χ0n) is 39.3. The smallest absolute Gasteiger partial charge is 0.328 e. The lowest BCUT2D eigenvalue weighted by Crippen LogP contribution is -2.52. The zero-order valence-corrected chi connectivity index (χ0v) is 39.3. The van der Waals surface area contributed by atoms with Gasteiger partial charge in [-0.15, -0.1) is 0 Å². The number of para-hydroxylation sites is 1. The van der Waals surface area contributed by atoms with Crippen molar-refractivity contribution in [1.82, 2.24) is 29.9 Å². The van der Waals surface area contributed by atoms with Crippen molar-refractivity contribution in [3.05, 3.63) is 100 Å². The summed E-state index contributed by atoms with van der Waals surface area (Å²) in [5.41, 5.74) is 6.83. The number of ether oxygens (including phenoxy) is 1. The van der Waals surface area contributed by atoms with Crippen LogP contribution < -0.4 is 10.6 Å². The van der Waals surface area contributed by atoms with Gasteiger partial charge >= 0.3 is 5.97 Å². The fraction of sp³-hybridized carbons (Fsp3) is 0.509. The maximum absolute atomic E-state index is 13.7. The van der Waals surface area contributed by atoms with E-state index in [1.54, 1.807) is 16.7 Å². The third-order valence-electron chi connectivity index (χ3n) is 14.4. The maximum Gasteiger partial charge on any atom is 0.328 e. The maximum atomic E-state index is 13.7. The Morgan fingerprint density at radius 3 is 2.15 bits per heavy atom. The highest BCUT2D eigenvalue weighted by atomic mass is 16.5. The summed E-state index contributed by atoms with van der Waals surface area (Å²) in [5, 5.41) is 6.93. The average Bonchev–Trinajstić information content (AvgIpc) is 3.90. The number of hydrogen-bond acceptors (Lipinski definition) is 9. The Balaban J connectivity index is 0.687. The van der Waals surface area contributed by atoms with E-state index in [1.807, 2.05) is 71.6 Å². The second-order valence-electron chi connectivity index (χ2n) is 18.7. The second kappa shape index (κ2) is 22.2. The number of unbranched alkanes of at least 4 members (excludes halogenated alkanes) is 10. The van der Waals surface area contributed by atoms with Gasteiger partial charge in [0.25, 0.3) is 11.8 Å². The quantitative estimate of drug-likeness (QED) is 0.0463. The number of benzene rings is 3. The van der Waals surface area contributed by atoms with Crippen molar-refractivity contribution in [2.24, 2.45) is 0 Å². The number of carbonyl (C=O) groups is 6. The lowest BCUT2D eigenvalue weighted by molar-refractivity contribution is -0.155. The Morgan fingerprint density at radius 1 is 0.776 bits per heavy atom. The first kappa shape index (κ1) is 47.5. The Hall–Kier alpha value is -6.02. The molecule has 14 nitrogen and oxygen atoms in total. The molecule has 3 aromatic carbocycles. The lowest BCUT2D eigenvalue weighted by atomic mass is 9.87. The summed E-state index contributed by atoms with van der Waals surface area (Å²) >= 11 is 0. The van der Waals surface area contributed by atoms with E-state index >= 15 is 0 Å². The first-order chi connectivity index (χ1) is 32.7. The van der Waals surface area contributed by atoms with Crippen LogP contribution >= 0.6 is 0 Å². The highest BCUT2D eigenvalue weighted by Gasteiger charge is 2.44. The van der Waals surface area contributed by atoms with Crippen LogP contribution in [0.5, 0.6) is 0 Å². The van der Waals surface area contributed by atoms with E-state index in [4.69, 9.17) is 4.74 Å². The van der Waals surface area contributed by atoms with Crippen LogP contribution in [0.1, 0.15) is 146 Å². The largest absolute Gasteiger partial charge is 0.467 e. The standard InChI is InChI=1S/C53H67N7O7/c1-3-47(62)60-45(53(66)67-2)34-40-38-18-13-14-20-43(38)55-48(40)49(60)36-22-24-37(25-23-36)51(64)58-32-30-57(31-33-58)29-16-12-10-8-6-4-5-7-9-11-15-28-54-42-21-17-19-39-41(42)35-59(52(39)65)44-26-27-46(61)56-50(44)63/h13-14,17-25,44-45,49,54-55H,3-12,15-16,26-35H2,1-2H3,(H,56,61,63)/t44?,45-,49+/m1/s1. The number of fused-ring (bicyclic) bond motifs is 4. The number of anilines is 1. The van der Waals surface area contributed by atoms with Gasteiger partial charge in [0.05, 0.1) is 13.2 Å². The molecule has 4 aliphatic heterocycles. The number of amides is 5. The predicted molar refractivity (Wildman–Crippen MR) is 257 cm³/mol. The molecular weight excluding hydrogens is 847 g/mol.